The summed E-state index contributed by atoms with van der Waals surface area (Å²) < 4.78 is 13.6. The topological polar surface area (TPSA) is 57.3 Å². The largest absolute Gasteiger partial charge is 0.486 e. The number of aryl methyl sites for hydroxylation is 1. The van der Waals surface area contributed by atoms with Crippen LogP contribution in [0.15, 0.2) is 57.6 Å². The van der Waals surface area contributed by atoms with Crippen LogP contribution < -0.4 is 4.74 Å². The van der Waals surface area contributed by atoms with E-state index < -0.39 is 0 Å². The fraction of sp³-hybridized carbons (Fsp3) is 0.158. The maximum absolute atomic E-state index is 12.4. The van der Waals surface area contributed by atoms with E-state index in [1.807, 2.05) is 13.0 Å². The van der Waals surface area contributed by atoms with Gasteiger partial charge in [-0.15, -0.1) is 0 Å². The van der Waals surface area contributed by atoms with Crippen molar-refractivity contribution in [2.75, 3.05) is 0 Å². The number of aromatic nitrogens is 2. The number of allylic oxidation sites excluding steroid dienone is 1. The van der Waals surface area contributed by atoms with Crippen LogP contribution in [0.4, 0.5) is 0 Å². The van der Waals surface area contributed by atoms with Gasteiger partial charge in [-0.3, -0.25) is 9.48 Å². The number of hydrogen-bond donors (Lipinski definition) is 0. The second kappa shape index (κ2) is 8.38. The van der Waals surface area contributed by atoms with Crippen LogP contribution in [0.2, 0.25) is 5.02 Å². The van der Waals surface area contributed by atoms with Crippen LogP contribution in [0.5, 0.6) is 5.75 Å². The van der Waals surface area contributed by atoms with Crippen molar-refractivity contribution in [2.45, 2.75) is 20.1 Å². The highest BCUT2D eigenvalue weighted by molar-refractivity contribution is 9.10. The number of carbonyl (C=O) groups is 1. The van der Waals surface area contributed by atoms with Crippen LogP contribution in [0.3, 0.4) is 0 Å². The minimum Gasteiger partial charge on any atom is -0.486 e. The molecule has 0 aliphatic carbocycles. The number of nitrogens with zero attached hydrogens (tertiary/aromatic N) is 2. The summed E-state index contributed by atoms with van der Waals surface area (Å²) in [4.78, 5) is 12.4. The van der Waals surface area contributed by atoms with Crippen molar-refractivity contribution in [3.8, 4) is 5.75 Å². The van der Waals surface area contributed by atoms with E-state index in [1.54, 1.807) is 47.3 Å². The van der Waals surface area contributed by atoms with E-state index >= 15 is 0 Å². The average molecular weight is 436 g/mol. The lowest BCUT2D eigenvalue weighted by molar-refractivity contribution is 0.103. The highest BCUT2D eigenvalue weighted by atomic mass is 79.9. The molecule has 3 rings (SSSR count). The Morgan fingerprint density at radius 2 is 2.08 bits per heavy atom. The number of ether oxygens (including phenoxy) is 1. The molecule has 0 amide bonds. The lowest BCUT2D eigenvalue weighted by Crippen LogP contribution is -2.07. The van der Waals surface area contributed by atoms with Gasteiger partial charge in [0.1, 0.15) is 29.6 Å². The second-order valence-corrected chi connectivity index (χ2v) is 6.69. The number of furan rings is 1. The molecular formula is C19H16BrClN2O3. The van der Waals surface area contributed by atoms with E-state index in [-0.39, 0.29) is 12.4 Å². The van der Waals surface area contributed by atoms with E-state index in [1.165, 1.54) is 6.08 Å². The Morgan fingerprint density at radius 1 is 1.31 bits per heavy atom. The molecule has 0 saturated heterocycles. The molecule has 0 fully saturated rings. The zero-order valence-electron chi connectivity index (χ0n) is 14.0. The van der Waals surface area contributed by atoms with Crippen LogP contribution in [0.1, 0.15) is 28.9 Å². The molecule has 26 heavy (non-hydrogen) atoms. The number of carbonyl (C=O) groups excluding carboxylic acids is 1. The third kappa shape index (κ3) is 4.45. The fourth-order valence-electron chi connectivity index (χ4n) is 2.33. The molecule has 0 aliphatic rings. The summed E-state index contributed by atoms with van der Waals surface area (Å²) in [5, 5.41) is 4.80. The van der Waals surface area contributed by atoms with Crippen molar-refractivity contribution in [1.82, 2.24) is 9.78 Å². The van der Waals surface area contributed by atoms with Crippen LogP contribution in [0.25, 0.3) is 6.08 Å². The van der Waals surface area contributed by atoms with Gasteiger partial charge in [0, 0.05) is 11.6 Å². The number of hydrogen-bond acceptors (Lipinski definition) is 4. The molecule has 134 valence electrons. The Labute approximate surface area is 164 Å². The summed E-state index contributed by atoms with van der Waals surface area (Å²) >= 11 is 9.19. The summed E-state index contributed by atoms with van der Waals surface area (Å²) in [6.45, 7) is 2.84. The van der Waals surface area contributed by atoms with Crippen molar-refractivity contribution in [3.05, 3.63) is 75.4 Å². The fourth-order valence-corrected chi connectivity index (χ4v) is 2.95. The molecule has 0 aliphatic heterocycles. The molecule has 1 aromatic carbocycles. The molecule has 5 nitrogen and oxygen atoms in total. The summed E-state index contributed by atoms with van der Waals surface area (Å²) in [5.41, 5.74) is 0.515. The van der Waals surface area contributed by atoms with Crippen LogP contribution in [-0.2, 0) is 13.2 Å². The Hall–Kier alpha value is -2.31. The SMILES string of the molecule is CCn1ncc(Br)c1C(=O)/C=C/c1ccc(COc2ccc(Cl)cc2)o1. The zero-order chi connectivity index (χ0) is 18.5. The van der Waals surface area contributed by atoms with Crippen molar-refractivity contribution >= 4 is 39.4 Å². The van der Waals surface area contributed by atoms with Gasteiger partial charge in [0.25, 0.3) is 0 Å². The molecule has 0 radical (unpaired) electrons. The van der Waals surface area contributed by atoms with Gasteiger partial charge in [-0.2, -0.15) is 5.10 Å². The molecule has 2 aromatic heterocycles. The minimum absolute atomic E-state index is 0.147. The molecule has 0 spiro atoms. The van der Waals surface area contributed by atoms with Gasteiger partial charge in [0.2, 0.25) is 5.78 Å². The van der Waals surface area contributed by atoms with Gasteiger partial charge >= 0.3 is 0 Å². The molecule has 0 atom stereocenters. The molecule has 0 N–H and O–H groups in total. The van der Waals surface area contributed by atoms with E-state index in [9.17, 15) is 4.79 Å². The molecule has 3 aromatic rings. The molecule has 7 heteroatoms. The van der Waals surface area contributed by atoms with Gasteiger partial charge in [0.05, 0.1) is 10.7 Å². The average Bonchev–Trinajstić information content (AvgIpc) is 3.25. The Bertz CT molecular complexity index is 929. The molecule has 0 unspecified atom stereocenters. The molecule has 0 saturated carbocycles. The predicted octanol–water partition coefficient (Wildman–Crippen LogP) is 5.39. The first-order valence-corrected chi connectivity index (χ1v) is 9.14. The highest BCUT2D eigenvalue weighted by Crippen LogP contribution is 2.19. The predicted molar refractivity (Wildman–Crippen MR) is 103 cm³/mol. The normalized spacial score (nSPS) is 11.2. The minimum atomic E-state index is -0.147. The zero-order valence-corrected chi connectivity index (χ0v) is 16.3. The monoisotopic (exact) mass is 434 g/mol. The lowest BCUT2D eigenvalue weighted by atomic mass is 10.2. The summed E-state index contributed by atoms with van der Waals surface area (Å²) in [5.74, 6) is 1.79. The third-order valence-corrected chi connectivity index (χ3v) is 4.44. The standard InChI is InChI=1S/C19H16BrClN2O3/c1-2-23-19(17(20)11-22-23)18(24)10-9-15-7-8-16(26-15)12-25-14-5-3-13(21)4-6-14/h3-11H,2,12H2,1H3/b10-9+. The van der Waals surface area contributed by atoms with E-state index in [4.69, 9.17) is 20.8 Å². The highest BCUT2D eigenvalue weighted by Gasteiger charge is 2.14. The number of ketones is 1. The molecule has 2 heterocycles. The summed E-state index contributed by atoms with van der Waals surface area (Å²) in [7, 11) is 0. The second-order valence-electron chi connectivity index (χ2n) is 5.40. The number of halogens is 2. The van der Waals surface area contributed by atoms with Crippen molar-refractivity contribution in [2.24, 2.45) is 0 Å². The smallest absolute Gasteiger partial charge is 0.205 e. The van der Waals surface area contributed by atoms with Crippen LogP contribution in [-0.4, -0.2) is 15.6 Å². The molecular weight excluding hydrogens is 420 g/mol. The van der Waals surface area contributed by atoms with Crippen molar-refractivity contribution in [1.29, 1.82) is 0 Å². The van der Waals surface area contributed by atoms with Crippen molar-refractivity contribution in [3.63, 3.8) is 0 Å². The number of benzene rings is 1. The quantitative estimate of drug-likeness (QED) is 0.369. The first-order valence-electron chi connectivity index (χ1n) is 7.97. The van der Waals surface area contributed by atoms with Gasteiger partial charge < -0.3 is 9.15 Å². The lowest BCUT2D eigenvalue weighted by Gasteiger charge is -2.03. The van der Waals surface area contributed by atoms with Crippen molar-refractivity contribution < 1.29 is 13.9 Å². The van der Waals surface area contributed by atoms with Gasteiger partial charge in [-0.05, 0) is 71.4 Å². The van der Waals surface area contributed by atoms with Gasteiger partial charge in [-0.25, -0.2) is 0 Å². The van der Waals surface area contributed by atoms with Crippen LogP contribution >= 0.6 is 27.5 Å². The maximum Gasteiger partial charge on any atom is 0.205 e. The van der Waals surface area contributed by atoms with Gasteiger partial charge in [0.15, 0.2) is 0 Å². The van der Waals surface area contributed by atoms with E-state index in [0.29, 0.717) is 39.0 Å². The first-order chi connectivity index (χ1) is 12.6. The third-order valence-electron chi connectivity index (χ3n) is 3.60. The maximum atomic E-state index is 12.4. The Balaban J connectivity index is 1.62. The summed E-state index contributed by atoms with van der Waals surface area (Å²) in [6, 6.07) is 10.7. The molecule has 0 bridgehead atoms. The summed E-state index contributed by atoms with van der Waals surface area (Å²) in [6.07, 6.45) is 4.72. The van der Waals surface area contributed by atoms with E-state index in [2.05, 4.69) is 21.0 Å². The first kappa shape index (κ1) is 18.5. The van der Waals surface area contributed by atoms with Crippen LogP contribution in [0, 0.1) is 0 Å². The Morgan fingerprint density at radius 3 is 2.81 bits per heavy atom. The van der Waals surface area contributed by atoms with E-state index in [0.717, 1.165) is 0 Å². The number of rotatable bonds is 7. The van der Waals surface area contributed by atoms with Gasteiger partial charge in [-0.1, -0.05) is 11.6 Å². The Kier molecular flexibility index (Phi) is 5.96.